The lowest BCUT2D eigenvalue weighted by atomic mass is 9.92. The van der Waals surface area contributed by atoms with Crippen LogP contribution in [0.2, 0.25) is 0 Å². The van der Waals surface area contributed by atoms with Gasteiger partial charge in [0.15, 0.2) is 5.13 Å². The SMILES string of the molecule is COc1ccc(N2CCOCC2)c2sc(NC(=O)N(C)[C@H]3CC[C@H](OC)CC3)nc12. The number of carbonyl (C=O) groups excluding carboxylic acids is 1. The standard InChI is InChI=1S/C21H30N4O4S/c1-24(14-4-6-15(27-2)7-5-14)21(26)23-20-22-18-17(28-3)9-8-16(19(18)30-20)25-10-12-29-13-11-25/h8-9,14-15H,4-7,10-13H2,1-3H3,(H,22,23,26)/t14-,15-. The summed E-state index contributed by atoms with van der Waals surface area (Å²) in [6.45, 7) is 3.11. The Morgan fingerprint density at radius 2 is 1.97 bits per heavy atom. The molecule has 30 heavy (non-hydrogen) atoms. The van der Waals surface area contributed by atoms with E-state index in [0.29, 0.717) is 30.2 Å². The van der Waals surface area contributed by atoms with Crippen LogP contribution in [0.15, 0.2) is 12.1 Å². The minimum Gasteiger partial charge on any atom is -0.494 e. The van der Waals surface area contributed by atoms with Crippen molar-refractivity contribution >= 4 is 38.4 Å². The minimum atomic E-state index is -0.123. The molecule has 1 saturated carbocycles. The molecule has 1 aliphatic heterocycles. The second-order valence-electron chi connectivity index (χ2n) is 7.79. The lowest BCUT2D eigenvalue weighted by Gasteiger charge is -2.33. The van der Waals surface area contributed by atoms with E-state index in [0.717, 1.165) is 54.7 Å². The molecular weight excluding hydrogens is 404 g/mol. The van der Waals surface area contributed by atoms with Gasteiger partial charge in [-0.15, -0.1) is 0 Å². The fourth-order valence-corrected chi connectivity index (χ4v) is 5.27. The third kappa shape index (κ3) is 4.33. The number of aromatic nitrogens is 1. The maximum Gasteiger partial charge on any atom is 0.323 e. The number of amides is 2. The van der Waals surface area contributed by atoms with Crippen molar-refractivity contribution in [3.63, 3.8) is 0 Å². The van der Waals surface area contributed by atoms with Gasteiger partial charge in [0, 0.05) is 33.3 Å². The van der Waals surface area contributed by atoms with Crippen molar-refractivity contribution in [3.8, 4) is 5.75 Å². The molecule has 9 heteroatoms. The zero-order valence-corrected chi connectivity index (χ0v) is 18.7. The molecule has 1 aliphatic carbocycles. The van der Waals surface area contributed by atoms with Gasteiger partial charge in [-0.2, -0.15) is 0 Å². The molecule has 0 bridgehead atoms. The molecule has 2 aromatic rings. The summed E-state index contributed by atoms with van der Waals surface area (Å²) < 4.78 is 17.5. The smallest absolute Gasteiger partial charge is 0.323 e. The van der Waals surface area contributed by atoms with E-state index in [2.05, 4.69) is 21.3 Å². The summed E-state index contributed by atoms with van der Waals surface area (Å²) in [6, 6.07) is 4.11. The van der Waals surface area contributed by atoms with Crippen LogP contribution in [-0.2, 0) is 9.47 Å². The van der Waals surface area contributed by atoms with Crippen LogP contribution >= 0.6 is 11.3 Å². The molecule has 1 saturated heterocycles. The van der Waals surface area contributed by atoms with Gasteiger partial charge in [-0.3, -0.25) is 5.32 Å². The number of benzene rings is 1. The summed E-state index contributed by atoms with van der Waals surface area (Å²) >= 11 is 1.49. The van der Waals surface area contributed by atoms with Crippen molar-refractivity contribution in [2.45, 2.75) is 37.8 Å². The van der Waals surface area contributed by atoms with Gasteiger partial charge in [0.1, 0.15) is 11.3 Å². The van der Waals surface area contributed by atoms with Crippen LogP contribution in [0.3, 0.4) is 0 Å². The van der Waals surface area contributed by atoms with Gasteiger partial charge in [-0.1, -0.05) is 11.3 Å². The van der Waals surface area contributed by atoms with E-state index in [1.54, 1.807) is 19.1 Å². The van der Waals surface area contributed by atoms with Crippen LogP contribution in [0.5, 0.6) is 5.75 Å². The predicted octanol–water partition coefficient (Wildman–Crippen LogP) is 3.56. The average Bonchev–Trinajstić information content (AvgIpc) is 3.22. The molecule has 1 N–H and O–H groups in total. The molecular formula is C21H30N4O4S. The number of thiazole rings is 1. The van der Waals surface area contributed by atoms with Crippen LogP contribution in [0.1, 0.15) is 25.7 Å². The van der Waals surface area contributed by atoms with Crippen molar-refractivity contribution in [3.05, 3.63) is 12.1 Å². The summed E-state index contributed by atoms with van der Waals surface area (Å²) in [5.41, 5.74) is 1.89. The third-order valence-corrected chi connectivity index (χ3v) is 7.11. The molecule has 1 aromatic heterocycles. The summed E-state index contributed by atoms with van der Waals surface area (Å²) in [5.74, 6) is 0.713. The Morgan fingerprint density at radius 1 is 1.23 bits per heavy atom. The Morgan fingerprint density at radius 3 is 2.63 bits per heavy atom. The fraction of sp³-hybridized carbons (Fsp3) is 0.619. The van der Waals surface area contributed by atoms with Crippen molar-refractivity contribution in [2.75, 3.05) is 57.8 Å². The van der Waals surface area contributed by atoms with E-state index >= 15 is 0 Å². The molecule has 0 radical (unpaired) electrons. The molecule has 2 fully saturated rings. The number of nitrogens with one attached hydrogen (secondary N) is 1. The number of hydrogen-bond acceptors (Lipinski definition) is 7. The highest BCUT2D eigenvalue weighted by Gasteiger charge is 2.27. The first kappa shape index (κ1) is 21.1. The number of rotatable bonds is 5. The first-order chi connectivity index (χ1) is 14.6. The second-order valence-corrected chi connectivity index (χ2v) is 8.79. The van der Waals surface area contributed by atoms with Gasteiger partial charge in [0.2, 0.25) is 0 Å². The normalized spacial score (nSPS) is 22.2. The quantitative estimate of drug-likeness (QED) is 0.776. The Labute approximate surface area is 181 Å². The summed E-state index contributed by atoms with van der Waals surface area (Å²) in [4.78, 5) is 21.7. The van der Waals surface area contributed by atoms with Gasteiger partial charge in [-0.25, -0.2) is 9.78 Å². The topological polar surface area (TPSA) is 76.2 Å². The number of ether oxygens (including phenoxy) is 3. The van der Waals surface area contributed by atoms with Crippen LogP contribution in [-0.4, -0.2) is 75.6 Å². The Bertz CT molecular complexity index is 875. The Hall–Kier alpha value is -2.10. The van der Waals surface area contributed by atoms with Gasteiger partial charge in [-0.05, 0) is 37.8 Å². The van der Waals surface area contributed by atoms with Gasteiger partial charge in [0.05, 0.1) is 36.8 Å². The summed E-state index contributed by atoms with van der Waals surface area (Å²) in [6.07, 6.45) is 4.20. The maximum absolute atomic E-state index is 12.9. The summed E-state index contributed by atoms with van der Waals surface area (Å²) in [5, 5.41) is 3.59. The highest BCUT2D eigenvalue weighted by Crippen LogP contribution is 2.39. The molecule has 164 valence electrons. The highest BCUT2D eigenvalue weighted by atomic mass is 32.1. The lowest BCUT2D eigenvalue weighted by molar-refractivity contribution is 0.0507. The second kappa shape index (κ2) is 9.36. The molecule has 2 heterocycles. The zero-order chi connectivity index (χ0) is 21.1. The van der Waals surface area contributed by atoms with Crippen LogP contribution in [0, 0.1) is 0 Å². The molecule has 0 atom stereocenters. The van der Waals surface area contributed by atoms with E-state index in [9.17, 15) is 4.79 Å². The number of anilines is 2. The van der Waals surface area contributed by atoms with Crippen LogP contribution in [0.4, 0.5) is 15.6 Å². The Balaban J connectivity index is 1.52. The molecule has 0 unspecified atom stereocenters. The van der Waals surface area contributed by atoms with Gasteiger partial charge in [0.25, 0.3) is 0 Å². The van der Waals surface area contributed by atoms with Crippen molar-refractivity contribution in [1.82, 2.24) is 9.88 Å². The number of carbonyl (C=O) groups is 1. The van der Waals surface area contributed by atoms with Crippen LogP contribution in [0.25, 0.3) is 10.2 Å². The van der Waals surface area contributed by atoms with E-state index in [1.807, 2.05) is 13.1 Å². The molecule has 8 nitrogen and oxygen atoms in total. The predicted molar refractivity (Wildman–Crippen MR) is 119 cm³/mol. The Kier molecular flexibility index (Phi) is 6.60. The van der Waals surface area contributed by atoms with Gasteiger partial charge >= 0.3 is 6.03 Å². The lowest BCUT2D eigenvalue weighted by Crippen LogP contribution is -2.42. The van der Waals surface area contributed by atoms with Crippen molar-refractivity contribution < 1.29 is 19.0 Å². The first-order valence-electron chi connectivity index (χ1n) is 10.5. The van der Waals surface area contributed by atoms with E-state index in [-0.39, 0.29) is 12.1 Å². The molecule has 4 rings (SSSR count). The average molecular weight is 435 g/mol. The van der Waals surface area contributed by atoms with E-state index < -0.39 is 0 Å². The first-order valence-corrected chi connectivity index (χ1v) is 11.3. The molecule has 2 amide bonds. The zero-order valence-electron chi connectivity index (χ0n) is 17.8. The molecule has 2 aliphatic rings. The number of nitrogens with zero attached hydrogens (tertiary/aromatic N) is 3. The number of methoxy groups -OCH3 is 2. The van der Waals surface area contributed by atoms with Gasteiger partial charge < -0.3 is 24.0 Å². The van der Waals surface area contributed by atoms with Crippen molar-refractivity contribution in [2.24, 2.45) is 0 Å². The monoisotopic (exact) mass is 434 g/mol. The van der Waals surface area contributed by atoms with Crippen molar-refractivity contribution in [1.29, 1.82) is 0 Å². The molecule has 0 spiro atoms. The summed E-state index contributed by atoms with van der Waals surface area (Å²) in [7, 11) is 5.26. The maximum atomic E-state index is 12.9. The van der Waals surface area contributed by atoms with Crippen LogP contribution < -0.4 is 15.0 Å². The number of morpholine rings is 1. The molecule has 1 aromatic carbocycles. The number of urea groups is 1. The minimum absolute atomic E-state index is 0.123. The number of fused-ring (bicyclic) bond motifs is 1. The largest absolute Gasteiger partial charge is 0.494 e. The van der Waals surface area contributed by atoms with E-state index in [4.69, 9.17) is 14.2 Å². The highest BCUT2D eigenvalue weighted by molar-refractivity contribution is 7.23. The number of hydrogen-bond donors (Lipinski definition) is 1. The van der Waals surface area contributed by atoms with E-state index in [1.165, 1.54) is 11.3 Å². The third-order valence-electron chi connectivity index (χ3n) is 6.12. The fourth-order valence-electron chi connectivity index (χ4n) is 4.26.